The third-order valence-corrected chi connectivity index (χ3v) is 4.79. The Bertz CT molecular complexity index is 656. The predicted octanol–water partition coefficient (Wildman–Crippen LogP) is 1.93. The fourth-order valence-corrected chi connectivity index (χ4v) is 3.42. The normalized spacial score (nSPS) is 11.3. The van der Waals surface area contributed by atoms with Crippen LogP contribution in [0.25, 0.3) is 0 Å². The zero-order chi connectivity index (χ0) is 13.9. The lowest BCUT2D eigenvalue weighted by molar-refractivity contribution is 0.600. The molecule has 2 heterocycles. The summed E-state index contributed by atoms with van der Waals surface area (Å²) in [5.41, 5.74) is 0. The van der Waals surface area contributed by atoms with E-state index in [9.17, 15) is 8.42 Å². The third kappa shape index (κ3) is 3.61. The van der Waals surface area contributed by atoms with Crippen LogP contribution in [0.15, 0.2) is 27.3 Å². The van der Waals surface area contributed by atoms with Gasteiger partial charge in [-0.25, -0.2) is 23.4 Å². The molecular weight excluding hydrogens is 354 g/mol. The first-order chi connectivity index (χ1) is 9.01. The largest absolute Gasteiger partial charge is 0.355 e. The Labute approximate surface area is 122 Å². The molecule has 0 bridgehead atoms. The Hall–Kier alpha value is -1.26. The van der Waals surface area contributed by atoms with Crippen molar-refractivity contribution in [1.29, 1.82) is 0 Å². The van der Waals surface area contributed by atoms with Crippen LogP contribution >= 0.6 is 27.3 Å². The Morgan fingerprint density at radius 2 is 1.95 bits per heavy atom. The number of hydrogen-bond acceptors (Lipinski definition) is 7. The number of sulfonamides is 1. The van der Waals surface area contributed by atoms with Crippen LogP contribution in [0, 0.1) is 0 Å². The SMILES string of the molecule is CCNc1ncc(S(=O)(=O)Nc2ncc(Br)s2)cn1. The van der Waals surface area contributed by atoms with E-state index in [1.807, 2.05) is 6.92 Å². The number of hydrogen-bond donors (Lipinski definition) is 2. The summed E-state index contributed by atoms with van der Waals surface area (Å²) in [5.74, 6) is 0.387. The van der Waals surface area contributed by atoms with Gasteiger partial charge >= 0.3 is 0 Å². The topological polar surface area (TPSA) is 96.9 Å². The Kier molecular flexibility index (Phi) is 4.32. The van der Waals surface area contributed by atoms with E-state index in [1.54, 1.807) is 0 Å². The van der Waals surface area contributed by atoms with Crippen molar-refractivity contribution in [3.05, 3.63) is 22.4 Å². The Morgan fingerprint density at radius 3 is 2.47 bits per heavy atom. The van der Waals surface area contributed by atoms with Crippen molar-refractivity contribution < 1.29 is 8.42 Å². The maximum atomic E-state index is 12.0. The number of nitrogens with zero attached hydrogens (tertiary/aromatic N) is 3. The summed E-state index contributed by atoms with van der Waals surface area (Å²) >= 11 is 4.39. The molecule has 2 N–H and O–H groups in total. The molecule has 0 radical (unpaired) electrons. The molecule has 0 aliphatic rings. The van der Waals surface area contributed by atoms with Crippen LogP contribution in [-0.2, 0) is 10.0 Å². The highest BCUT2D eigenvalue weighted by atomic mass is 79.9. The molecule has 0 amide bonds. The van der Waals surface area contributed by atoms with Gasteiger partial charge in [-0.3, -0.25) is 4.72 Å². The molecule has 10 heteroatoms. The number of thiazole rings is 1. The first-order valence-electron chi connectivity index (χ1n) is 5.21. The second-order valence-corrected chi connectivity index (χ2v) is 7.44. The average Bonchev–Trinajstić information content (AvgIpc) is 2.75. The molecule has 0 saturated carbocycles. The molecule has 0 spiro atoms. The number of halogens is 1. The van der Waals surface area contributed by atoms with E-state index in [1.165, 1.54) is 29.9 Å². The van der Waals surface area contributed by atoms with Crippen molar-refractivity contribution in [1.82, 2.24) is 15.0 Å². The second-order valence-electron chi connectivity index (χ2n) is 3.35. The first-order valence-corrected chi connectivity index (χ1v) is 8.30. The van der Waals surface area contributed by atoms with Gasteiger partial charge in [0.2, 0.25) is 5.95 Å². The van der Waals surface area contributed by atoms with Crippen LogP contribution < -0.4 is 10.0 Å². The van der Waals surface area contributed by atoms with Crippen molar-refractivity contribution in [2.75, 3.05) is 16.6 Å². The highest BCUT2D eigenvalue weighted by molar-refractivity contribution is 9.11. The van der Waals surface area contributed by atoms with Gasteiger partial charge < -0.3 is 5.32 Å². The number of rotatable bonds is 5. The molecule has 0 unspecified atom stereocenters. The van der Waals surface area contributed by atoms with E-state index in [2.05, 4.69) is 40.9 Å². The van der Waals surface area contributed by atoms with Gasteiger partial charge in [-0.2, -0.15) is 0 Å². The lowest BCUT2D eigenvalue weighted by Crippen LogP contribution is -2.14. The van der Waals surface area contributed by atoms with E-state index < -0.39 is 10.0 Å². The third-order valence-electron chi connectivity index (χ3n) is 1.97. The fraction of sp³-hybridized carbons (Fsp3) is 0.222. The molecule has 0 atom stereocenters. The van der Waals surface area contributed by atoms with Crippen molar-refractivity contribution in [3.8, 4) is 0 Å². The fourth-order valence-electron chi connectivity index (χ4n) is 1.18. The molecule has 0 fully saturated rings. The van der Waals surface area contributed by atoms with Crippen molar-refractivity contribution in [2.24, 2.45) is 0 Å². The minimum Gasteiger partial charge on any atom is -0.355 e. The van der Waals surface area contributed by atoms with Gasteiger partial charge in [0.05, 0.1) is 22.4 Å². The van der Waals surface area contributed by atoms with Gasteiger partial charge in [-0.1, -0.05) is 11.3 Å². The highest BCUT2D eigenvalue weighted by Gasteiger charge is 2.17. The Balaban J connectivity index is 2.19. The first kappa shape index (κ1) is 14.2. The van der Waals surface area contributed by atoms with E-state index in [-0.39, 0.29) is 10.0 Å². The monoisotopic (exact) mass is 363 g/mol. The zero-order valence-electron chi connectivity index (χ0n) is 9.79. The molecule has 2 rings (SSSR count). The summed E-state index contributed by atoms with van der Waals surface area (Å²) in [5, 5.41) is 3.17. The maximum Gasteiger partial charge on any atom is 0.266 e. The minimum atomic E-state index is -3.71. The minimum absolute atomic E-state index is 0.0134. The van der Waals surface area contributed by atoms with Crippen molar-refractivity contribution in [3.63, 3.8) is 0 Å². The van der Waals surface area contributed by atoms with Gasteiger partial charge in [0.15, 0.2) is 5.13 Å². The van der Waals surface area contributed by atoms with E-state index in [0.717, 1.165) is 3.79 Å². The van der Waals surface area contributed by atoms with E-state index >= 15 is 0 Å². The summed E-state index contributed by atoms with van der Waals surface area (Å²) in [6, 6.07) is 0. The van der Waals surface area contributed by atoms with Gasteiger partial charge in [0.1, 0.15) is 4.90 Å². The van der Waals surface area contributed by atoms with Crippen molar-refractivity contribution in [2.45, 2.75) is 11.8 Å². The maximum absolute atomic E-state index is 12.0. The summed E-state index contributed by atoms with van der Waals surface area (Å²) in [6.45, 7) is 2.56. The van der Waals surface area contributed by atoms with Crippen LogP contribution in [0.5, 0.6) is 0 Å². The van der Waals surface area contributed by atoms with Crippen LogP contribution in [0.3, 0.4) is 0 Å². The van der Waals surface area contributed by atoms with Crippen LogP contribution in [-0.4, -0.2) is 29.9 Å². The van der Waals surface area contributed by atoms with Crippen LogP contribution in [0.1, 0.15) is 6.92 Å². The molecule has 7 nitrogen and oxygen atoms in total. The number of aromatic nitrogens is 3. The summed E-state index contributed by atoms with van der Waals surface area (Å²) in [4.78, 5) is 11.7. The van der Waals surface area contributed by atoms with Gasteiger partial charge in [-0.15, -0.1) is 0 Å². The predicted molar refractivity (Wildman–Crippen MR) is 76.8 cm³/mol. The van der Waals surface area contributed by atoms with E-state index in [4.69, 9.17) is 0 Å². The van der Waals surface area contributed by atoms with Gasteiger partial charge in [-0.05, 0) is 22.9 Å². The van der Waals surface area contributed by atoms with Crippen molar-refractivity contribution >= 4 is 48.4 Å². The lowest BCUT2D eigenvalue weighted by atomic mass is 10.6. The molecule has 2 aromatic rings. The molecule has 19 heavy (non-hydrogen) atoms. The zero-order valence-corrected chi connectivity index (χ0v) is 13.0. The molecule has 0 aliphatic carbocycles. The van der Waals surface area contributed by atoms with Crippen LogP contribution in [0.4, 0.5) is 11.1 Å². The van der Waals surface area contributed by atoms with Crippen LogP contribution in [0.2, 0.25) is 0 Å². The molecule has 0 aliphatic heterocycles. The van der Waals surface area contributed by atoms with Gasteiger partial charge in [0, 0.05) is 6.54 Å². The quantitative estimate of drug-likeness (QED) is 0.842. The summed E-state index contributed by atoms with van der Waals surface area (Å²) in [6.07, 6.45) is 4.01. The van der Waals surface area contributed by atoms with E-state index in [0.29, 0.717) is 12.5 Å². The second kappa shape index (κ2) is 5.80. The number of nitrogens with one attached hydrogen (secondary N) is 2. The highest BCUT2D eigenvalue weighted by Crippen LogP contribution is 2.25. The van der Waals surface area contributed by atoms with Gasteiger partial charge in [0.25, 0.3) is 10.0 Å². The summed E-state index contributed by atoms with van der Waals surface area (Å²) < 4.78 is 27.1. The molecule has 0 aromatic carbocycles. The molecular formula is C9H10BrN5O2S2. The average molecular weight is 364 g/mol. The Morgan fingerprint density at radius 1 is 1.26 bits per heavy atom. The lowest BCUT2D eigenvalue weighted by Gasteiger charge is -2.05. The standard InChI is InChI=1S/C9H10BrN5O2S2/c1-2-11-8-12-3-6(4-13-8)19(16,17)15-9-14-5-7(10)18-9/h3-5H,2H2,1H3,(H,14,15)(H,11,12,13). The molecule has 0 saturated heterocycles. The molecule has 102 valence electrons. The number of anilines is 2. The smallest absolute Gasteiger partial charge is 0.266 e. The molecule has 2 aromatic heterocycles. The summed E-state index contributed by atoms with van der Waals surface area (Å²) in [7, 11) is -3.71.